The molecule has 0 saturated carbocycles. The molecule has 0 amide bonds. The van der Waals surface area contributed by atoms with E-state index in [1.807, 2.05) is 4.90 Å². The Morgan fingerprint density at radius 3 is 2.75 bits per heavy atom. The molecule has 1 spiro atoms. The minimum Gasteiger partial charge on any atom is -0.381 e. The Hall–Kier alpha value is -0.810. The van der Waals surface area contributed by atoms with E-state index in [0.29, 0.717) is 6.10 Å². The molecule has 2 aliphatic heterocycles. The second kappa shape index (κ2) is 4.59. The van der Waals surface area contributed by atoms with Crippen LogP contribution in [0.4, 0.5) is 0 Å². The van der Waals surface area contributed by atoms with Crippen LogP contribution in [-0.2, 0) is 9.47 Å². The summed E-state index contributed by atoms with van der Waals surface area (Å²) in [4.78, 5) is 1.91. The van der Waals surface area contributed by atoms with Crippen LogP contribution in [0.1, 0.15) is 25.7 Å². The average molecular weight is 227 g/mol. The van der Waals surface area contributed by atoms with Crippen LogP contribution in [0.15, 0.2) is 0 Å². The molecular weight excluding hydrogens is 206 g/mol. The number of guanidine groups is 1. The van der Waals surface area contributed by atoms with Gasteiger partial charge in [-0.1, -0.05) is 0 Å². The van der Waals surface area contributed by atoms with Crippen LogP contribution in [0.2, 0.25) is 0 Å². The molecule has 0 aromatic heterocycles. The fraction of sp³-hybridized carbons (Fsp3) is 0.909. The lowest BCUT2D eigenvalue weighted by Gasteiger charge is -2.45. The predicted molar refractivity (Wildman–Crippen MR) is 61.4 cm³/mol. The first-order chi connectivity index (χ1) is 7.65. The Labute approximate surface area is 96.4 Å². The first-order valence-corrected chi connectivity index (χ1v) is 5.91. The molecule has 0 aromatic carbocycles. The van der Waals surface area contributed by atoms with E-state index < -0.39 is 0 Å². The Morgan fingerprint density at radius 2 is 2.19 bits per heavy atom. The Bertz CT molecular complexity index is 262. The number of ether oxygens (including phenoxy) is 2. The molecule has 2 fully saturated rings. The summed E-state index contributed by atoms with van der Waals surface area (Å²) in [6.45, 7) is 2.44. The highest BCUT2D eigenvalue weighted by Crippen LogP contribution is 2.35. The average Bonchev–Trinajstić information content (AvgIpc) is 2.29. The van der Waals surface area contributed by atoms with Crippen LogP contribution >= 0.6 is 0 Å². The lowest BCUT2D eigenvalue weighted by molar-refractivity contribution is -0.145. The van der Waals surface area contributed by atoms with Crippen LogP contribution in [0, 0.1) is 5.41 Å². The lowest BCUT2D eigenvalue weighted by atomic mass is 9.83. The van der Waals surface area contributed by atoms with Crippen LogP contribution in [0.3, 0.4) is 0 Å². The molecule has 3 N–H and O–H groups in total. The van der Waals surface area contributed by atoms with Gasteiger partial charge in [0.15, 0.2) is 5.96 Å². The van der Waals surface area contributed by atoms with E-state index in [1.165, 1.54) is 0 Å². The number of rotatable bonds is 1. The molecule has 0 aromatic rings. The molecule has 2 heterocycles. The van der Waals surface area contributed by atoms with Crippen molar-refractivity contribution >= 4 is 5.96 Å². The van der Waals surface area contributed by atoms with Crippen molar-refractivity contribution in [1.29, 1.82) is 5.41 Å². The summed E-state index contributed by atoms with van der Waals surface area (Å²) in [6, 6.07) is 0. The molecule has 1 atom stereocenters. The maximum atomic E-state index is 7.41. The summed E-state index contributed by atoms with van der Waals surface area (Å²) in [5, 5.41) is 7.41. The van der Waals surface area contributed by atoms with E-state index in [2.05, 4.69) is 0 Å². The Morgan fingerprint density at radius 1 is 1.50 bits per heavy atom. The van der Waals surface area contributed by atoms with Gasteiger partial charge in [0.1, 0.15) is 0 Å². The maximum Gasteiger partial charge on any atom is 0.188 e. The second-order valence-corrected chi connectivity index (χ2v) is 4.75. The number of methoxy groups -OCH3 is 1. The number of piperidine rings is 1. The van der Waals surface area contributed by atoms with Crippen molar-refractivity contribution in [3.8, 4) is 0 Å². The van der Waals surface area contributed by atoms with E-state index in [0.717, 1.165) is 45.4 Å². The fourth-order valence-corrected chi connectivity index (χ4v) is 2.69. The Balaban J connectivity index is 1.93. The predicted octanol–water partition coefficient (Wildman–Crippen LogP) is 0.540. The standard InChI is InChI=1S/C11H21N3O2/c1-15-9-2-7-16-11(8-9)3-5-14(6-4-11)10(12)13/h9H,2-8H2,1H3,(H3,12,13). The van der Waals surface area contributed by atoms with Gasteiger partial charge < -0.3 is 20.1 Å². The van der Waals surface area contributed by atoms with E-state index in [4.69, 9.17) is 20.6 Å². The lowest BCUT2D eigenvalue weighted by Crippen LogP contribution is -2.53. The number of nitrogens with two attached hydrogens (primary N) is 1. The maximum absolute atomic E-state index is 7.41. The number of hydrogen-bond donors (Lipinski definition) is 2. The van der Waals surface area contributed by atoms with Crippen LogP contribution in [0.25, 0.3) is 0 Å². The summed E-state index contributed by atoms with van der Waals surface area (Å²) >= 11 is 0. The third kappa shape index (κ3) is 2.30. The van der Waals surface area contributed by atoms with Gasteiger partial charge in [-0.25, -0.2) is 0 Å². The van der Waals surface area contributed by atoms with Crippen molar-refractivity contribution in [2.45, 2.75) is 37.4 Å². The van der Waals surface area contributed by atoms with Gasteiger partial charge in [-0.05, 0) is 19.3 Å². The highest BCUT2D eigenvalue weighted by atomic mass is 16.5. The number of nitrogens with zero attached hydrogens (tertiary/aromatic N) is 1. The zero-order valence-electron chi connectivity index (χ0n) is 9.87. The van der Waals surface area contributed by atoms with Crippen molar-refractivity contribution in [2.24, 2.45) is 5.73 Å². The minimum atomic E-state index is -0.0229. The van der Waals surface area contributed by atoms with Crippen molar-refractivity contribution in [3.63, 3.8) is 0 Å². The molecule has 2 aliphatic rings. The van der Waals surface area contributed by atoms with E-state index in [-0.39, 0.29) is 11.6 Å². The zero-order valence-corrected chi connectivity index (χ0v) is 9.87. The zero-order chi connectivity index (χ0) is 11.6. The topological polar surface area (TPSA) is 71.6 Å². The van der Waals surface area contributed by atoms with Gasteiger partial charge in [0.2, 0.25) is 0 Å². The monoisotopic (exact) mass is 227 g/mol. The summed E-state index contributed by atoms with van der Waals surface area (Å²) in [7, 11) is 1.77. The second-order valence-electron chi connectivity index (χ2n) is 4.75. The number of nitrogens with one attached hydrogen (secondary N) is 1. The minimum absolute atomic E-state index is 0.0229. The third-order valence-corrected chi connectivity index (χ3v) is 3.80. The normalized spacial score (nSPS) is 29.3. The quantitative estimate of drug-likeness (QED) is 0.506. The van der Waals surface area contributed by atoms with Crippen LogP contribution in [-0.4, -0.2) is 49.4 Å². The summed E-state index contributed by atoms with van der Waals surface area (Å²) in [5.41, 5.74) is 5.46. The van der Waals surface area contributed by atoms with Crippen LogP contribution in [0.5, 0.6) is 0 Å². The first-order valence-electron chi connectivity index (χ1n) is 5.91. The number of likely N-dealkylation sites (tertiary alicyclic amines) is 1. The summed E-state index contributed by atoms with van der Waals surface area (Å²) < 4.78 is 11.4. The fourth-order valence-electron chi connectivity index (χ4n) is 2.69. The molecular formula is C11H21N3O2. The van der Waals surface area contributed by atoms with Crippen molar-refractivity contribution in [3.05, 3.63) is 0 Å². The van der Waals surface area contributed by atoms with Crippen molar-refractivity contribution < 1.29 is 9.47 Å². The molecule has 5 nitrogen and oxygen atoms in total. The molecule has 0 aliphatic carbocycles. The van der Waals surface area contributed by atoms with Crippen molar-refractivity contribution in [1.82, 2.24) is 4.90 Å². The van der Waals surface area contributed by atoms with Gasteiger partial charge in [0, 0.05) is 33.2 Å². The van der Waals surface area contributed by atoms with Gasteiger partial charge in [-0.15, -0.1) is 0 Å². The van der Waals surface area contributed by atoms with Crippen LogP contribution < -0.4 is 5.73 Å². The van der Waals surface area contributed by atoms with Crippen molar-refractivity contribution in [2.75, 3.05) is 26.8 Å². The van der Waals surface area contributed by atoms with Gasteiger partial charge in [0.05, 0.1) is 11.7 Å². The molecule has 16 heavy (non-hydrogen) atoms. The van der Waals surface area contributed by atoms with E-state index in [9.17, 15) is 0 Å². The highest BCUT2D eigenvalue weighted by Gasteiger charge is 2.40. The molecule has 0 radical (unpaired) electrons. The number of hydrogen-bond acceptors (Lipinski definition) is 3. The molecule has 1 unspecified atom stereocenters. The van der Waals surface area contributed by atoms with Gasteiger partial charge >= 0.3 is 0 Å². The molecule has 0 bridgehead atoms. The third-order valence-electron chi connectivity index (χ3n) is 3.80. The molecule has 2 saturated heterocycles. The molecule has 92 valence electrons. The van der Waals surface area contributed by atoms with Gasteiger partial charge in [-0.2, -0.15) is 0 Å². The molecule has 5 heteroatoms. The van der Waals surface area contributed by atoms with E-state index >= 15 is 0 Å². The summed E-state index contributed by atoms with van der Waals surface area (Å²) in [6.07, 6.45) is 4.21. The molecule has 2 rings (SSSR count). The van der Waals surface area contributed by atoms with Gasteiger partial charge in [-0.3, -0.25) is 5.41 Å². The first kappa shape index (κ1) is 11.7. The largest absolute Gasteiger partial charge is 0.381 e. The summed E-state index contributed by atoms with van der Waals surface area (Å²) in [5.74, 6) is 0.175. The van der Waals surface area contributed by atoms with Gasteiger partial charge in [0.25, 0.3) is 0 Å². The smallest absolute Gasteiger partial charge is 0.188 e. The Kier molecular flexibility index (Phi) is 3.35. The highest BCUT2D eigenvalue weighted by molar-refractivity contribution is 5.74. The SMILES string of the molecule is COC1CCOC2(CCN(C(=N)N)CC2)C1. The van der Waals surface area contributed by atoms with E-state index in [1.54, 1.807) is 7.11 Å².